The van der Waals surface area contributed by atoms with E-state index in [2.05, 4.69) is 11.4 Å². The summed E-state index contributed by atoms with van der Waals surface area (Å²) in [7, 11) is 0. The minimum atomic E-state index is -0.287. The number of aryl methyl sites for hydroxylation is 2. The zero-order valence-electron chi connectivity index (χ0n) is 14.7. The molecule has 1 aliphatic heterocycles. The first-order chi connectivity index (χ1) is 11.9. The lowest BCUT2D eigenvalue weighted by atomic mass is 9.93. The SMILES string of the molecule is CC(=O)N1C=Cc2ccccc2[C@@H]1CC(=O)Nc1cc(C)cc(C)c1. The average molecular weight is 334 g/mol. The highest BCUT2D eigenvalue weighted by Crippen LogP contribution is 2.33. The van der Waals surface area contributed by atoms with Crippen LogP contribution in [0.15, 0.2) is 48.7 Å². The van der Waals surface area contributed by atoms with Crippen LogP contribution in [-0.4, -0.2) is 16.7 Å². The lowest BCUT2D eigenvalue weighted by Crippen LogP contribution is -2.33. The van der Waals surface area contributed by atoms with Crippen molar-refractivity contribution in [1.29, 1.82) is 0 Å². The largest absolute Gasteiger partial charge is 0.326 e. The van der Waals surface area contributed by atoms with Crippen LogP contribution in [-0.2, 0) is 9.59 Å². The summed E-state index contributed by atoms with van der Waals surface area (Å²) in [6.07, 6.45) is 3.89. The number of carbonyl (C=O) groups is 2. The number of rotatable bonds is 3. The molecular weight excluding hydrogens is 312 g/mol. The third-order valence-electron chi connectivity index (χ3n) is 4.35. The average Bonchev–Trinajstić information content (AvgIpc) is 2.53. The quantitative estimate of drug-likeness (QED) is 0.914. The molecule has 0 unspecified atom stereocenters. The Bertz CT molecular complexity index is 834. The van der Waals surface area contributed by atoms with Gasteiger partial charge in [-0.05, 0) is 54.3 Å². The molecule has 3 rings (SSSR count). The first-order valence-corrected chi connectivity index (χ1v) is 8.38. The molecule has 0 radical (unpaired) electrons. The Hall–Kier alpha value is -2.88. The third-order valence-corrected chi connectivity index (χ3v) is 4.35. The fourth-order valence-corrected chi connectivity index (χ4v) is 3.35. The maximum absolute atomic E-state index is 12.6. The van der Waals surface area contributed by atoms with E-state index in [1.807, 2.05) is 56.3 Å². The van der Waals surface area contributed by atoms with Crippen LogP contribution in [0.3, 0.4) is 0 Å². The second-order valence-corrected chi connectivity index (χ2v) is 6.52. The summed E-state index contributed by atoms with van der Waals surface area (Å²) in [5.41, 5.74) is 5.04. The van der Waals surface area contributed by atoms with Gasteiger partial charge in [0.15, 0.2) is 0 Å². The molecule has 0 saturated carbocycles. The predicted octanol–water partition coefficient (Wildman–Crippen LogP) is 4.21. The molecule has 1 heterocycles. The summed E-state index contributed by atoms with van der Waals surface area (Å²) < 4.78 is 0. The molecule has 0 aromatic heterocycles. The summed E-state index contributed by atoms with van der Waals surface area (Å²) in [6.45, 7) is 5.53. The van der Waals surface area contributed by atoms with Crippen LogP contribution in [0.2, 0.25) is 0 Å². The van der Waals surface area contributed by atoms with E-state index in [-0.39, 0.29) is 24.3 Å². The Morgan fingerprint density at radius 1 is 1.08 bits per heavy atom. The van der Waals surface area contributed by atoms with E-state index in [1.165, 1.54) is 6.92 Å². The van der Waals surface area contributed by atoms with Gasteiger partial charge in [-0.15, -0.1) is 0 Å². The van der Waals surface area contributed by atoms with E-state index in [4.69, 9.17) is 0 Å². The van der Waals surface area contributed by atoms with Crippen molar-refractivity contribution in [2.75, 3.05) is 5.32 Å². The van der Waals surface area contributed by atoms with Crippen molar-refractivity contribution in [2.24, 2.45) is 0 Å². The van der Waals surface area contributed by atoms with Crippen molar-refractivity contribution >= 4 is 23.6 Å². The Morgan fingerprint density at radius 3 is 2.44 bits per heavy atom. The lowest BCUT2D eigenvalue weighted by Gasteiger charge is -2.32. The predicted molar refractivity (Wildman–Crippen MR) is 99.9 cm³/mol. The molecule has 1 aliphatic rings. The van der Waals surface area contributed by atoms with E-state index in [1.54, 1.807) is 11.1 Å². The highest BCUT2D eigenvalue weighted by Gasteiger charge is 2.28. The summed E-state index contributed by atoms with van der Waals surface area (Å²) >= 11 is 0. The van der Waals surface area contributed by atoms with Gasteiger partial charge in [-0.25, -0.2) is 0 Å². The molecule has 4 nitrogen and oxygen atoms in total. The fraction of sp³-hybridized carbons (Fsp3) is 0.238. The van der Waals surface area contributed by atoms with Gasteiger partial charge in [0, 0.05) is 18.8 Å². The topological polar surface area (TPSA) is 49.4 Å². The van der Waals surface area contributed by atoms with Crippen molar-refractivity contribution in [2.45, 2.75) is 33.2 Å². The molecule has 0 saturated heterocycles. The maximum atomic E-state index is 12.6. The van der Waals surface area contributed by atoms with Crippen molar-refractivity contribution in [3.05, 3.63) is 70.9 Å². The van der Waals surface area contributed by atoms with Gasteiger partial charge in [0.05, 0.1) is 12.5 Å². The normalized spacial score (nSPS) is 15.6. The first kappa shape index (κ1) is 17.0. The highest BCUT2D eigenvalue weighted by molar-refractivity contribution is 5.92. The van der Waals surface area contributed by atoms with E-state index in [0.717, 1.165) is 27.9 Å². The van der Waals surface area contributed by atoms with Crippen LogP contribution in [0, 0.1) is 13.8 Å². The molecular formula is C21H22N2O2. The number of fused-ring (bicyclic) bond motifs is 1. The smallest absolute Gasteiger partial charge is 0.226 e. The van der Waals surface area contributed by atoms with E-state index in [9.17, 15) is 9.59 Å². The molecule has 0 bridgehead atoms. The molecule has 128 valence electrons. The van der Waals surface area contributed by atoms with Gasteiger partial charge in [0.1, 0.15) is 0 Å². The molecule has 2 aromatic carbocycles. The van der Waals surface area contributed by atoms with Crippen LogP contribution in [0.5, 0.6) is 0 Å². The van der Waals surface area contributed by atoms with Crippen molar-refractivity contribution in [1.82, 2.24) is 4.90 Å². The van der Waals surface area contributed by atoms with Crippen LogP contribution in [0.1, 0.15) is 41.6 Å². The standard InChI is InChI=1S/C21H22N2O2/c1-14-10-15(2)12-18(11-14)22-21(25)13-20-19-7-5-4-6-17(19)8-9-23(20)16(3)24/h4-12,20H,13H2,1-3H3,(H,22,25)/t20-/m0/s1. The van der Waals surface area contributed by atoms with Gasteiger partial charge in [-0.3, -0.25) is 9.59 Å². The molecule has 25 heavy (non-hydrogen) atoms. The number of anilines is 1. The van der Waals surface area contributed by atoms with E-state index >= 15 is 0 Å². The Kier molecular flexibility index (Phi) is 4.70. The van der Waals surface area contributed by atoms with Gasteiger partial charge >= 0.3 is 0 Å². The Labute approximate surface area is 148 Å². The number of nitrogens with one attached hydrogen (secondary N) is 1. The third kappa shape index (κ3) is 3.79. The molecule has 2 aromatic rings. The summed E-state index contributed by atoms with van der Waals surface area (Å²) in [5.74, 6) is -0.179. The van der Waals surface area contributed by atoms with Crippen molar-refractivity contribution in [3.8, 4) is 0 Å². The Balaban J connectivity index is 1.82. The zero-order chi connectivity index (χ0) is 18.0. The monoisotopic (exact) mass is 334 g/mol. The second kappa shape index (κ2) is 6.93. The first-order valence-electron chi connectivity index (χ1n) is 8.38. The molecule has 1 atom stereocenters. The van der Waals surface area contributed by atoms with Gasteiger partial charge in [-0.2, -0.15) is 0 Å². The minimum Gasteiger partial charge on any atom is -0.326 e. The number of benzene rings is 2. The van der Waals surface area contributed by atoms with Crippen LogP contribution in [0.25, 0.3) is 6.08 Å². The van der Waals surface area contributed by atoms with Gasteiger partial charge in [0.2, 0.25) is 11.8 Å². The Morgan fingerprint density at radius 2 is 1.76 bits per heavy atom. The summed E-state index contributed by atoms with van der Waals surface area (Å²) in [6, 6.07) is 13.5. The summed E-state index contributed by atoms with van der Waals surface area (Å²) in [5, 5.41) is 2.96. The maximum Gasteiger partial charge on any atom is 0.226 e. The van der Waals surface area contributed by atoms with E-state index < -0.39 is 0 Å². The van der Waals surface area contributed by atoms with Crippen LogP contribution in [0.4, 0.5) is 5.69 Å². The number of nitrogens with zero attached hydrogens (tertiary/aromatic N) is 1. The number of hydrogen-bond donors (Lipinski definition) is 1. The molecule has 2 amide bonds. The number of amides is 2. The fourth-order valence-electron chi connectivity index (χ4n) is 3.35. The van der Waals surface area contributed by atoms with Crippen LogP contribution < -0.4 is 5.32 Å². The lowest BCUT2D eigenvalue weighted by molar-refractivity contribution is -0.129. The zero-order valence-corrected chi connectivity index (χ0v) is 14.7. The van der Waals surface area contributed by atoms with Gasteiger partial charge in [-0.1, -0.05) is 30.3 Å². The molecule has 0 fully saturated rings. The van der Waals surface area contributed by atoms with E-state index in [0.29, 0.717) is 0 Å². The minimum absolute atomic E-state index is 0.0741. The molecule has 0 aliphatic carbocycles. The second-order valence-electron chi connectivity index (χ2n) is 6.52. The molecule has 1 N–H and O–H groups in total. The molecule has 4 heteroatoms. The van der Waals surface area contributed by atoms with Gasteiger partial charge < -0.3 is 10.2 Å². The van der Waals surface area contributed by atoms with Gasteiger partial charge in [0.25, 0.3) is 0 Å². The van der Waals surface area contributed by atoms with Crippen molar-refractivity contribution < 1.29 is 9.59 Å². The summed E-state index contributed by atoms with van der Waals surface area (Å²) in [4.78, 5) is 26.2. The number of carbonyl (C=O) groups excluding carboxylic acids is 2. The van der Waals surface area contributed by atoms with Crippen molar-refractivity contribution in [3.63, 3.8) is 0 Å². The highest BCUT2D eigenvalue weighted by atomic mass is 16.2. The van der Waals surface area contributed by atoms with Crippen LogP contribution >= 0.6 is 0 Å². The number of hydrogen-bond acceptors (Lipinski definition) is 2. The molecule has 0 spiro atoms.